The Morgan fingerprint density at radius 2 is 1.53 bits per heavy atom. The number of aryl methyl sites for hydroxylation is 2. The van der Waals surface area contributed by atoms with Crippen molar-refractivity contribution < 1.29 is 0 Å². The fourth-order valence-corrected chi connectivity index (χ4v) is 4.59. The number of rotatable bonds is 7. The van der Waals surface area contributed by atoms with Gasteiger partial charge < -0.3 is 5.32 Å². The smallest absolute Gasteiger partial charge is 0.103 e. The van der Waals surface area contributed by atoms with E-state index in [-0.39, 0.29) is 0 Å². The number of piperazine rings is 1. The zero-order chi connectivity index (χ0) is 22.3. The summed E-state index contributed by atoms with van der Waals surface area (Å²) in [7, 11) is 0. The number of nitrogens with one attached hydrogen (secondary N) is 1. The van der Waals surface area contributed by atoms with Crippen LogP contribution in [0.1, 0.15) is 34.1 Å². The summed E-state index contributed by atoms with van der Waals surface area (Å²) in [6.45, 7) is 9.78. The molecule has 0 atom stereocenters. The van der Waals surface area contributed by atoms with Gasteiger partial charge in [-0.1, -0.05) is 60.7 Å². The molecule has 1 aliphatic rings. The fourth-order valence-electron chi connectivity index (χ4n) is 4.59. The Hall–Kier alpha value is -3.20. The van der Waals surface area contributed by atoms with Crippen LogP contribution in [0.25, 0.3) is 0 Å². The van der Waals surface area contributed by atoms with Crippen LogP contribution >= 0.6 is 0 Å². The van der Waals surface area contributed by atoms with E-state index >= 15 is 0 Å². The van der Waals surface area contributed by atoms with Gasteiger partial charge in [0.2, 0.25) is 0 Å². The Labute approximate surface area is 191 Å². The molecule has 1 aromatic heterocycles. The second-order valence-electron chi connectivity index (χ2n) is 8.41. The van der Waals surface area contributed by atoms with Gasteiger partial charge in [0.25, 0.3) is 0 Å². The molecule has 164 valence electrons. The minimum Gasteiger partial charge on any atom is -0.383 e. The Kier molecular flexibility index (Phi) is 7.16. The van der Waals surface area contributed by atoms with Crippen LogP contribution in [0.15, 0.2) is 66.7 Å². The standard InChI is InChI=1S/C27H31N5/c1-21-19-26(25(20-28)22(2)30-21)29-13-14-31-15-17-32(18-16-31)27(23-9-5-3-6-10-23)24-11-7-4-8-12-24/h3-12,19,27H,13-18H2,1-2H3,(H,29,30). The van der Waals surface area contributed by atoms with Gasteiger partial charge in [-0.15, -0.1) is 0 Å². The molecule has 0 spiro atoms. The van der Waals surface area contributed by atoms with E-state index in [2.05, 4.69) is 86.8 Å². The molecule has 1 aliphatic heterocycles. The highest BCUT2D eigenvalue weighted by Gasteiger charge is 2.26. The fraction of sp³-hybridized carbons (Fsp3) is 0.333. The summed E-state index contributed by atoms with van der Waals surface area (Å²) in [5, 5.41) is 12.9. The number of nitriles is 1. The molecule has 32 heavy (non-hydrogen) atoms. The summed E-state index contributed by atoms with van der Waals surface area (Å²) in [5.41, 5.74) is 5.96. The number of pyridine rings is 1. The van der Waals surface area contributed by atoms with Crippen LogP contribution in [-0.2, 0) is 0 Å². The molecule has 0 unspecified atom stereocenters. The SMILES string of the molecule is Cc1cc(NCCN2CCN(C(c3ccccc3)c3ccccc3)CC2)c(C#N)c(C)n1. The van der Waals surface area contributed by atoms with Crippen LogP contribution in [0.2, 0.25) is 0 Å². The van der Waals surface area contributed by atoms with Crippen LogP contribution < -0.4 is 5.32 Å². The molecule has 5 heteroatoms. The first-order valence-corrected chi connectivity index (χ1v) is 11.3. The lowest BCUT2D eigenvalue weighted by atomic mass is 9.96. The van der Waals surface area contributed by atoms with Crippen molar-refractivity contribution in [2.75, 3.05) is 44.6 Å². The van der Waals surface area contributed by atoms with Crippen LogP contribution in [0.3, 0.4) is 0 Å². The largest absolute Gasteiger partial charge is 0.383 e. The van der Waals surface area contributed by atoms with E-state index in [4.69, 9.17) is 0 Å². The third-order valence-corrected chi connectivity index (χ3v) is 6.19. The average Bonchev–Trinajstić information content (AvgIpc) is 2.81. The monoisotopic (exact) mass is 425 g/mol. The summed E-state index contributed by atoms with van der Waals surface area (Å²) in [5.74, 6) is 0. The van der Waals surface area contributed by atoms with Crippen LogP contribution in [0.4, 0.5) is 5.69 Å². The second-order valence-corrected chi connectivity index (χ2v) is 8.41. The maximum Gasteiger partial charge on any atom is 0.103 e. The van der Waals surface area contributed by atoms with E-state index in [1.807, 2.05) is 19.9 Å². The average molecular weight is 426 g/mol. The van der Waals surface area contributed by atoms with Gasteiger partial charge in [-0.3, -0.25) is 14.8 Å². The third-order valence-electron chi connectivity index (χ3n) is 6.19. The summed E-state index contributed by atoms with van der Waals surface area (Å²) in [4.78, 5) is 9.50. The molecule has 0 aliphatic carbocycles. The minimum atomic E-state index is 0.290. The van der Waals surface area contributed by atoms with Crippen molar-refractivity contribution in [2.24, 2.45) is 0 Å². The number of anilines is 1. The molecule has 0 saturated carbocycles. The first-order chi connectivity index (χ1) is 15.7. The molecule has 0 amide bonds. The van der Waals surface area contributed by atoms with Gasteiger partial charge >= 0.3 is 0 Å². The van der Waals surface area contributed by atoms with Crippen molar-refractivity contribution in [1.82, 2.24) is 14.8 Å². The van der Waals surface area contributed by atoms with Crippen molar-refractivity contribution in [3.8, 4) is 6.07 Å². The van der Waals surface area contributed by atoms with Gasteiger partial charge in [0.1, 0.15) is 6.07 Å². The topological polar surface area (TPSA) is 55.2 Å². The Balaban J connectivity index is 1.36. The van der Waals surface area contributed by atoms with E-state index in [0.29, 0.717) is 11.6 Å². The van der Waals surface area contributed by atoms with Crippen molar-refractivity contribution in [3.05, 3.63) is 94.8 Å². The maximum atomic E-state index is 9.46. The van der Waals surface area contributed by atoms with E-state index in [1.165, 1.54) is 11.1 Å². The van der Waals surface area contributed by atoms with E-state index in [9.17, 15) is 5.26 Å². The zero-order valence-electron chi connectivity index (χ0n) is 19.0. The lowest BCUT2D eigenvalue weighted by Gasteiger charge is -2.40. The van der Waals surface area contributed by atoms with E-state index < -0.39 is 0 Å². The molecule has 5 nitrogen and oxygen atoms in total. The van der Waals surface area contributed by atoms with Crippen molar-refractivity contribution in [1.29, 1.82) is 5.26 Å². The highest BCUT2D eigenvalue weighted by molar-refractivity contribution is 5.59. The maximum absolute atomic E-state index is 9.46. The number of hydrogen-bond donors (Lipinski definition) is 1. The van der Waals surface area contributed by atoms with E-state index in [1.54, 1.807) is 0 Å². The molecule has 2 heterocycles. The van der Waals surface area contributed by atoms with E-state index in [0.717, 1.165) is 56.3 Å². The van der Waals surface area contributed by atoms with Gasteiger partial charge in [0.15, 0.2) is 0 Å². The lowest BCUT2D eigenvalue weighted by molar-refractivity contribution is 0.112. The predicted octanol–water partition coefficient (Wildman–Crippen LogP) is 4.39. The normalized spacial score (nSPS) is 14.9. The highest BCUT2D eigenvalue weighted by Crippen LogP contribution is 2.29. The molecular weight excluding hydrogens is 394 g/mol. The summed E-state index contributed by atoms with van der Waals surface area (Å²) < 4.78 is 0. The molecule has 2 aromatic carbocycles. The Morgan fingerprint density at radius 1 is 0.938 bits per heavy atom. The molecule has 3 aromatic rings. The molecular formula is C27H31N5. The molecule has 0 radical (unpaired) electrons. The summed E-state index contributed by atoms with van der Waals surface area (Å²) >= 11 is 0. The quantitative estimate of drug-likeness (QED) is 0.608. The van der Waals surface area contributed by atoms with Gasteiger partial charge in [0.05, 0.1) is 23.0 Å². The number of hydrogen-bond acceptors (Lipinski definition) is 5. The van der Waals surface area contributed by atoms with Crippen LogP contribution in [0.5, 0.6) is 0 Å². The van der Waals surface area contributed by atoms with Crippen LogP contribution in [0, 0.1) is 25.2 Å². The summed E-state index contributed by atoms with van der Waals surface area (Å²) in [6, 6.07) is 26.2. The lowest BCUT2D eigenvalue weighted by Crippen LogP contribution is -2.48. The van der Waals surface area contributed by atoms with Gasteiger partial charge in [0, 0.05) is 45.0 Å². The Morgan fingerprint density at radius 3 is 2.09 bits per heavy atom. The first kappa shape index (κ1) is 22.0. The molecule has 1 N–H and O–H groups in total. The second kappa shape index (κ2) is 10.4. The number of aromatic nitrogens is 1. The molecule has 0 bridgehead atoms. The van der Waals surface area contributed by atoms with Crippen molar-refractivity contribution >= 4 is 5.69 Å². The van der Waals surface area contributed by atoms with Gasteiger partial charge in [-0.2, -0.15) is 5.26 Å². The Bertz CT molecular complexity index is 1010. The summed E-state index contributed by atoms with van der Waals surface area (Å²) in [6.07, 6.45) is 0. The van der Waals surface area contributed by atoms with Crippen LogP contribution in [-0.4, -0.2) is 54.1 Å². The zero-order valence-corrected chi connectivity index (χ0v) is 19.0. The minimum absolute atomic E-state index is 0.290. The number of benzene rings is 2. The molecule has 1 fully saturated rings. The first-order valence-electron chi connectivity index (χ1n) is 11.3. The predicted molar refractivity (Wildman–Crippen MR) is 130 cm³/mol. The third kappa shape index (κ3) is 5.16. The van der Waals surface area contributed by atoms with Gasteiger partial charge in [-0.05, 0) is 31.0 Å². The van der Waals surface area contributed by atoms with Crippen molar-refractivity contribution in [3.63, 3.8) is 0 Å². The highest BCUT2D eigenvalue weighted by atomic mass is 15.3. The van der Waals surface area contributed by atoms with Gasteiger partial charge in [-0.25, -0.2) is 0 Å². The molecule has 1 saturated heterocycles. The van der Waals surface area contributed by atoms with Crippen molar-refractivity contribution in [2.45, 2.75) is 19.9 Å². The number of nitrogens with zero attached hydrogens (tertiary/aromatic N) is 4. The molecule has 4 rings (SSSR count).